The molecule has 0 radical (unpaired) electrons. The molecule has 0 aliphatic heterocycles. The van der Waals surface area contributed by atoms with Gasteiger partial charge in [-0.3, -0.25) is 4.79 Å². The Kier molecular flexibility index (Phi) is 12.5. The summed E-state index contributed by atoms with van der Waals surface area (Å²) in [5, 5.41) is 8.89. The van der Waals surface area contributed by atoms with Crippen LogP contribution in [0.2, 0.25) is 0 Å². The van der Waals surface area contributed by atoms with E-state index in [4.69, 9.17) is 9.84 Å². The van der Waals surface area contributed by atoms with Gasteiger partial charge in [0.15, 0.2) is 0 Å². The molecule has 4 unspecified atom stereocenters. The summed E-state index contributed by atoms with van der Waals surface area (Å²) in [5.41, 5.74) is 1.12. The average molecular weight is 494 g/mol. The molecule has 0 heterocycles. The number of hydrogen-bond acceptors (Lipinski definition) is 2. The molecule has 1 N–H and O–H groups in total. The number of ether oxygens (including phenoxy) is 1. The van der Waals surface area contributed by atoms with Crippen LogP contribution in [0, 0.1) is 17.8 Å². The fourth-order valence-corrected chi connectivity index (χ4v) is 4.86. The van der Waals surface area contributed by atoms with E-state index >= 15 is 0 Å². The van der Waals surface area contributed by atoms with Crippen LogP contribution in [0.3, 0.4) is 0 Å². The molecule has 3 rings (SSSR count). The van der Waals surface area contributed by atoms with E-state index in [0.717, 1.165) is 40.6 Å². The fraction of sp³-hybridized carbons (Fsp3) is 0.667. The molecule has 4 atom stereocenters. The molecule has 31 heavy (non-hydrogen) atoms. The maximum absolute atomic E-state index is 10.8. The Morgan fingerprint density at radius 1 is 1.06 bits per heavy atom. The average Bonchev–Trinajstić information content (AvgIpc) is 3.36. The topological polar surface area (TPSA) is 46.5 Å². The van der Waals surface area contributed by atoms with Gasteiger partial charge in [0.2, 0.25) is 0 Å². The Labute approximate surface area is 197 Å². The number of carboxylic acids is 1. The maximum atomic E-state index is 10.8. The van der Waals surface area contributed by atoms with Crippen molar-refractivity contribution < 1.29 is 14.6 Å². The number of carboxylic acid groups (broad SMARTS) is 1. The van der Waals surface area contributed by atoms with Crippen molar-refractivity contribution in [3.8, 4) is 0 Å². The molecule has 0 spiro atoms. The first-order valence-electron chi connectivity index (χ1n) is 12.2. The standard InChI is InChI=1S/C19H29BrO3.C8H12/c1-2-3-4-5-6-7-8-18(13-14-19(21)22)23-15-16-9-11-17(20)12-10-16;1-6-4-7-2-3-8(6)5-7/h9-12,18H,2-8,13-15H2,1H3,(H,21,22);2-3,6-8H,4-5H2,1H3. The van der Waals surface area contributed by atoms with Crippen molar-refractivity contribution in [1.29, 1.82) is 0 Å². The summed E-state index contributed by atoms with van der Waals surface area (Å²) in [6.45, 7) is 5.14. The van der Waals surface area contributed by atoms with Gasteiger partial charge < -0.3 is 9.84 Å². The van der Waals surface area contributed by atoms with Gasteiger partial charge in [0.25, 0.3) is 0 Å². The molecule has 1 fully saturated rings. The van der Waals surface area contributed by atoms with Gasteiger partial charge in [0.05, 0.1) is 12.7 Å². The predicted octanol–water partition coefficient (Wildman–Crippen LogP) is 8.17. The van der Waals surface area contributed by atoms with Crippen LogP contribution in [-0.2, 0) is 16.1 Å². The number of rotatable bonds is 13. The van der Waals surface area contributed by atoms with Crippen molar-refractivity contribution in [1.82, 2.24) is 0 Å². The number of allylic oxidation sites excluding steroid dienone is 2. The monoisotopic (exact) mass is 492 g/mol. The zero-order valence-corrected chi connectivity index (χ0v) is 21.0. The number of aliphatic carboxylic acids is 1. The minimum Gasteiger partial charge on any atom is -0.481 e. The van der Waals surface area contributed by atoms with E-state index in [1.165, 1.54) is 44.9 Å². The molecule has 2 aliphatic rings. The van der Waals surface area contributed by atoms with E-state index in [2.05, 4.69) is 41.9 Å². The molecule has 0 saturated heterocycles. The van der Waals surface area contributed by atoms with Crippen LogP contribution < -0.4 is 0 Å². The lowest BCUT2D eigenvalue weighted by Crippen LogP contribution is -2.15. The normalized spacial score (nSPS) is 22.2. The third kappa shape index (κ3) is 10.8. The highest BCUT2D eigenvalue weighted by atomic mass is 79.9. The molecule has 0 amide bonds. The summed E-state index contributed by atoms with van der Waals surface area (Å²) in [6.07, 6.45) is 17.0. The van der Waals surface area contributed by atoms with Crippen molar-refractivity contribution >= 4 is 21.9 Å². The fourth-order valence-electron chi connectivity index (χ4n) is 4.60. The number of carbonyl (C=O) groups is 1. The summed E-state index contributed by atoms with van der Waals surface area (Å²) in [6, 6.07) is 8.06. The summed E-state index contributed by atoms with van der Waals surface area (Å²) < 4.78 is 7.02. The second-order valence-corrected chi connectivity index (χ2v) is 10.2. The van der Waals surface area contributed by atoms with Gasteiger partial charge in [-0.05, 0) is 61.1 Å². The number of fused-ring (bicyclic) bond motifs is 2. The second-order valence-electron chi connectivity index (χ2n) is 9.31. The molecular weight excluding hydrogens is 452 g/mol. The van der Waals surface area contributed by atoms with Crippen LogP contribution in [0.15, 0.2) is 40.9 Å². The van der Waals surface area contributed by atoms with Gasteiger partial charge in [0.1, 0.15) is 0 Å². The van der Waals surface area contributed by atoms with Crippen LogP contribution >= 0.6 is 15.9 Å². The molecule has 1 aromatic rings. The van der Waals surface area contributed by atoms with Crippen LogP contribution in [0.1, 0.15) is 90.0 Å². The Morgan fingerprint density at radius 2 is 1.77 bits per heavy atom. The summed E-state index contributed by atoms with van der Waals surface area (Å²) in [4.78, 5) is 10.8. The Bertz CT molecular complexity index is 655. The molecule has 174 valence electrons. The highest BCUT2D eigenvalue weighted by Gasteiger charge is 2.32. The van der Waals surface area contributed by atoms with Gasteiger partial charge in [-0.2, -0.15) is 0 Å². The first-order chi connectivity index (χ1) is 15.0. The number of benzene rings is 1. The van der Waals surface area contributed by atoms with E-state index in [9.17, 15) is 4.79 Å². The first kappa shape index (κ1) is 26.1. The number of hydrogen-bond donors (Lipinski definition) is 1. The third-order valence-electron chi connectivity index (χ3n) is 6.57. The van der Waals surface area contributed by atoms with Gasteiger partial charge in [-0.25, -0.2) is 0 Å². The summed E-state index contributed by atoms with van der Waals surface area (Å²) in [7, 11) is 0. The van der Waals surface area contributed by atoms with E-state index < -0.39 is 5.97 Å². The van der Waals surface area contributed by atoms with E-state index in [-0.39, 0.29) is 12.5 Å². The van der Waals surface area contributed by atoms with Crippen LogP contribution in [0.5, 0.6) is 0 Å². The molecule has 1 aromatic carbocycles. The van der Waals surface area contributed by atoms with Crippen LogP contribution in [0.4, 0.5) is 0 Å². The molecule has 3 nitrogen and oxygen atoms in total. The maximum Gasteiger partial charge on any atom is 0.303 e. The highest BCUT2D eigenvalue weighted by molar-refractivity contribution is 9.10. The predicted molar refractivity (Wildman–Crippen MR) is 132 cm³/mol. The van der Waals surface area contributed by atoms with E-state index in [1.54, 1.807) is 0 Å². The van der Waals surface area contributed by atoms with Crippen molar-refractivity contribution in [2.24, 2.45) is 17.8 Å². The van der Waals surface area contributed by atoms with Crippen LogP contribution in [-0.4, -0.2) is 17.2 Å². The minimum atomic E-state index is -0.745. The lowest BCUT2D eigenvalue weighted by Gasteiger charge is -2.17. The van der Waals surface area contributed by atoms with E-state index in [1.807, 2.05) is 24.3 Å². The molecule has 0 aromatic heterocycles. The van der Waals surface area contributed by atoms with Crippen molar-refractivity contribution in [3.63, 3.8) is 0 Å². The largest absolute Gasteiger partial charge is 0.481 e. The summed E-state index contributed by atoms with van der Waals surface area (Å²) in [5.74, 6) is 2.17. The Morgan fingerprint density at radius 3 is 2.32 bits per heavy atom. The van der Waals surface area contributed by atoms with Gasteiger partial charge in [-0.1, -0.05) is 92.6 Å². The van der Waals surface area contributed by atoms with Gasteiger partial charge in [-0.15, -0.1) is 0 Å². The van der Waals surface area contributed by atoms with Crippen molar-refractivity contribution in [3.05, 3.63) is 46.5 Å². The van der Waals surface area contributed by atoms with Gasteiger partial charge in [0, 0.05) is 10.9 Å². The Balaban J connectivity index is 0.000000348. The zero-order chi connectivity index (χ0) is 22.5. The molecule has 1 saturated carbocycles. The third-order valence-corrected chi connectivity index (χ3v) is 7.10. The Hall–Kier alpha value is -1.13. The number of halogens is 1. The molecule has 2 bridgehead atoms. The molecule has 4 heteroatoms. The van der Waals surface area contributed by atoms with Crippen molar-refractivity contribution in [2.45, 2.75) is 97.2 Å². The molecular formula is C27H41BrO3. The van der Waals surface area contributed by atoms with Crippen molar-refractivity contribution in [2.75, 3.05) is 0 Å². The zero-order valence-electron chi connectivity index (χ0n) is 19.4. The lowest BCUT2D eigenvalue weighted by atomic mass is 9.96. The smallest absolute Gasteiger partial charge is 0.303 e. The second kappa shape index (κ2) is 14.8. The SMILES string of the molecule is CC1CC2C=CC1C2.CCCCCCCCC(CCC(=O)O)OCc1ccc(Br)cc1. The summed E-state index contributed by atoms with van der Waals surface area (Å²) >= 11 is 3.42. The quantitative estimate of drug-likeness (QED) is 0.223. The van der Waals surface area contributed by atoms with Crippen LogP contribution in [0.25, 0.3) is 0 Å². The first-order valence-corrected chi connectivity index (χ1v) is 13.0. The highest BCUT2D eigenvalue weighted by Crippen LogP contribution is 2.42. The lowest BCUT2D eigenvalue weighted by molar-refractivity contribution is -0.138. The van der Waals surface area contributed by atoms with E-state index in [0.29, 0.717) is 13.0 Å². The van der Waals surface area contributed by atoms with Gasteiger partial charge >= 0.3 is 5.97 Å². The minimum absolute atomic E-state index is 0.0425. The number of unbranched alkanes of at least 4 members (excludes halogenated alkanes) is 5. The molecule has 2 aliphatic carbocycles.